The Morgan fingerprint density at radius 1 is 1.23 bits per heavy atom. The van der Waals surface area contributed by atoms with Crippen molar-refractivity contribution < 1.29 is 13.5 Å². The zero-order valence-electron chi connectivity index (χ0n) is 17.5. The second kappa shape index (κ2) is 8.66. The molecule has 4 rings (SSSR count). The molecule has 1 saturated carbocycles. The Labute approximate surface area is 180 Å². The molecule has 2 aliphatic heterocycles. The number of nitriles is 1. The van der Waals surface area contributed by atoms with Crippen molar-refractivity contribution in [2.45, 2.75) is 44.7 Å². The van der Waals surface area contributed by atoms with Gasteiger partial charge in [0.1, 0.15) is 5.75 Å². The van der Waals surface area contributed by atoms with Gasteiger partial charge in [-0.25, -0.2) is 13.6 Å². The number of nitrogens with zero attached hydrogens (tertiary/aromatic N) is 2. The topological polar surface area (TPSA) is 73.5 Å². The lowest BCUT2D eigenvalue weighted by Crippen LogP contribution is -2.39. The summed E-state index contributed by atoms with van der Waals surface area (Å²) in [7, 11) is 1.55. The SMILES string of the molecule is [C-]#[N+]C1=C(c2ccc(OC)cc2)NC(C(F)F)=C(C#N)C1C1CCC2NNC(C)C2C1. The lowest BCUT2D eigenvalue weighted by molar-refractivity contribution is 0.174. The summed E-state index contributed by atoms with van der Waals surface area (Å²) in [5.41, 5.74) is 7.50. The number of ether oxygens (including phenoxy) is 1. The molecule has 0 bridgehead atoms. The Bertz CT molecular complexity index is 989. The van der Waals surface area contributed by atoms with Crippen molar-refractivity contribution in [1.29, 1.82) is 5.26 Å². The van der Waals surface area contributed by atoms with E-state index in [2.05, 4.69) is 27.9 Å². The molecule has 2 heterocycles. The van der Waals surface area contributed by atoms with E-state index >= 15 is 0 Å². The number of dihydropyridines is 1. The fourth-order valence-electron chi connectivity index (χ4n) is 5.21. The Hall–Kier alpha value is -2.94. The number of fused-ring (bicyclic) bond motifs is 1. The van der Waals surface area contributed by atoms with Crippen LogP contribution in [0.4, 0.5) is 8.78 Å². The molecule has 0 amide bonds. The van der Waals surface area contributed by atoms with Crippen LogP contribution in [-0.4, -0.2) is 25.6 Å². The third kappa shape index (κ3) is 3.78. The normalized spacial score (nSPS) is 30.5. The van der Waals surface area contributed by atoms with Gasteiger partial charge in [0.25, 0.3) is 6.43 Å². The predicted octanol–water partition coefficient (Wildman–Crippen LogP) is 3.83. The molecule has 3 N–H and O–H groups in total. The summed E-state index contributed by atoms with van der Waals surface area (Å²) >= 11 is 0. The van der Waals surface area contributed by atoms with Gasteiger partial charge in [-0.15, -0.1) is 0 Å². The van der Waals surface area contributed by atoms with Crippen molar-refractivity contribution in [3.8, 4) is 11.8 Å². The smallest absolute Gasteiger partial charge is 0.279 e. The zero-order chi connectivity index (χ0) is 22.1. The first-order valence-electron chi connectivity index (χ1n) is 10.4. The zero-order valence-corrected chi connectivity index (χ0v) is 17.5. The molecule has 6 nitrogen and oxygen atoms in total. The number of hydrazine groups is 1. The highest BCUT2D eigenvalue weighted by Gasteiger charge is 2.45. The third-order valence-corrected chi connectivity index (χ3v) is 6.80. The fourth-order valence-corrected chi connectivity index (χ4v) is 5.21. The van der Waals surface area contributed by atoms with E-state index < -0.39 is 12.3 Å². The Morgan fingerprint density at radius 2 is 1.97 bits per heavy atom. The standard InChI is InChI=1S/C23H25F2N5O/c1-12-16-10-14(6-9-18(16)30-29-12)19-17(11-26)21(23(24)25)28-20(22(19)27-2)13-4-7-15(31-3)8-5-13/h4-5,7-8,12,14,16,18-19,23,28-30H,6,9-10H2,1,3H3. The molecule has 1 aromatic carbocycles. The molecule has 1 saturated heterocycles. The third-order valence-electron chi connectivity index (χ3n) is 6.80. The summed E-state index contributed by atoms with van der Waals surface area (Å²) in [4.78, 5) is 3.78. The van der Waals surface area contributed by atoms with Gasteiger partial charge in [0, 0.05) is 23.7 Å². The maximum absolute atomic E-state index is 14.0. The predicted molar refractivity (Wildman–Crippen MR) is 112 cm³/mol. The van der Waals surface area contributed by atoms with Crippen molar-refractivity contribution >= 4 is 5.70 Å². The molecule has 1 aliphatic carbocycles. The highest BCUT2D eigenvalue weighted by Crippen LogP contribution is 2.47. The van der Waals surface area contributed by atoms with E-state index in [1.54, 1.807) is 31.4 Å². The molecule has 0 spiro atoms. The van der Waals surface area contributed by atoms with Crippen LogP contribution in [0.2, 0.25) is 0 Å². The van der Waals surface area contributed by atoms with Gasteiger partial charge in [0.05, 0.1) is 31.0 Å². The average molecular weight is 425 g/mol. The molecular weight excluding hydrogens is 400 g/mol. The molecular formula is C23H25F2N5O. The van der Waals surface area contributed by atoms with Crippen molar-refractivity contribution in [2.24, 2.45) is 17.8 Å². The van der Waals surface area contributed by atoms with Crippen LogP contribution in [-0.2, 0) is 0 Å². The first-order valence-corrected chi connectivity index (χ1v) is 10.4. The van der Waals surface area contributed by atoms with E-state index in [9.17, 15) is 14.0 Å². The fraction of sp³-hybridized carbons (Fsp3) is 0.478. The number of benzene rings is 1. The van der Waals surface area contributed by atoms with Crippen LogP contribution >= 0.6 is 0 Å². The van der Waals surface area contributed by atoms with Crippen molar-refractivity contribution in [3.63, 3.8) is 0 Å². The molecule has 3 aliphatic rings. The summed E-state index contributed by atoms with van der Waals surface area (Å²) in [5, 5.41) is 12.6. The summed E-state index contributed by atoms with van der Waals surface area (Å²) < 4.78 is 33.2. The number of allylic oxidation sites excluding steroid dienone is 2. The van der Waals surface area contributed by atoms with Gasteiger partial charge in [0.2, 0.25) is 0 Å². The van der Waals surface area contributed by atoms with E-state index in [4.69, 9.17) is 11.3 Å². The maximum atomic E-state index is 14.0. The first-order chi connectivity index (χ1) is 15.0. The van der Waals surface area contributed by atoms with E-state index in [0.717, 1.165) is 19.3 Å². The first kappa shape index (κ1) is 21.3. The summed E-state index contributed by atoms with van der Waals surface area (Å²) in [6, 6.07) is 9.55. The lowest BCUT2D eigenvalue weighted by atomic mass is 9.67. The van der Waals surface area contributed by atoms with Gasteiger partial charge in [0.15, 0.2) is 5.70 Å². The van der Waals surface area contributed by atoms with E-state index in [0.29, 0.717) is 34.7 Å². The Morgan fingerprint density at radius 3 is 2.58 bits per heavy atom. The van der Waals surface area contributed by atoms with Crippen LogP contribution in [0.25, 0.3) is 10.5 Å². The van der Waals surface area contributed by atoms with Crippen molar-refractivity contribution in [1.82, 2.24) is 16.2 Å². The summed E-state index contributed by atoms with van der Waals surface area (Å²) in [5.74, 6) is 0.281. The Balaban J connectivity index is 1.79. The van der Waals surface area contributed by atoms with Crippen molar-refractivity contribution in [2.75, 3.05) is 7.11 Å². The number of nitrogens with one attached hydrogen (secondary N) is 3. The maximum Gasteiger partial charge on any atom is 0.279 e. The van der Waals surface area contributed by atoms with Crippen LogP contribution < -0.4 is 20.9 Å². The van der Waals surface area contributed by atoms with E-state index in [1.165, 1.54) is 0 Å². The van der Waals surface area contributed by atoms with E-state index in [1.807, 2.05) is 6.07 Å². The summed E-state index contributed by atoms with van der Waals surface area (Å²) in [6.45, 7) is 9.99. The molecule has 5 unspecified atom stereocenters. The molecule has 1 aromatic rings. The van der Waals surface area contributed by atoms with Crippen LogP contribution in [0, 0.1) is 35.7 Å². The number of rotatable bonds is 4. The van der Waals surface area contributed by atoms with Crippen LogP contribution in [0.15, 0.2) is 41.2 Å². The molecule has 0 aromatic heterocycles. The highest BCUT2D eigenvalue weighted by molar-refractivity contribution is 5.74. The van der Waals surface area contributed by atoms with Gasteiger partial charge in [-0.1, -0.05) is 12.1 Å². The number of hydrogen-bond acceptors (Lipinski definition) is 5. The second-order valence-corrected chi connectivity index (χ2v) is 8.36. The number of methoxy groups -OCH3 is 1. The summed E-state index contributed by atoms with van der Waals surface area (Å²) in [6.07, 6.45) is -0.415. The number of hydrogen-bond donors (Lipinski definition) is 3. The van der Waals surface area contributed by atoms with E-state index in [-0.39, 0.29) is 23.2 Å². The van der Waals surface area contributed by atoms with Crippen LogP contribution in [0.5, 0.6) is 5.75 Å². The highest BCUT2D eigenvalue weighted by atomic mass is 19.3. The second-order valence-electron chi connectivity index (χ2n) is 8.36. The Kier molecular flexibility index (Phi) is 5.95. The number of alkyl halides is 2. The van der Waals surface area contributed by atoms with Crippen LogP contribution in [0.1, 0.15) is 31.7 Å². The van der Waals surface area contributed by atoms with Crippen molar-refractivity contribution in [3.05, 3.63) is 58.2 Å². The molecule has 31 heavy (non-hydrogen) atoms. The molecule has 0 radical (unpaired) electrons. The minimum absolute atomic E-state index is 0.00622. The lowest BCUT2D eigenvalue weighted by Gasteiger charge is -2.39. The van der Waals surface area contributed by atoms with Crippen LogP contribution in [0.3, 0.4) is 0 Å². The van der Waals surface area contributed by atoms with Gasteiger partial charge >= 0.3 is 0 Å². The van der Waals surface area contributed by atoms with Gasteiger partial charge in [-0.3, -0.25) is 10.9 Å². The molecule has 5 atom stereocenters. The van der Waals surface area contributed by atoms with Gasteiger partial charge in [-0.2, -0.15) is 5.26 Å². The number of halogens is 2. The molecule has 162 valence electrons. The molecule has 8 heteroatoms. The quantitative estimate of drug-likeness (QED) is 0.640. The van der Waals surface area contributed by atoms with Gasteiger partial charge in [-0.05, 0) is 55.7 Å². The molecule has 2 fully saturated rings. The largest absolute Gasteiger partial charge is 0.497 e. The van der Waals surface area contributed by atoms with Gasteiger partial charge < -0.3 is 10.1 Å². The minimum Gasteiger partial charge on any atom is -0.497 e. The monoisotopic (exact) mass is 425 g/mol. The minimum atomic E-state index is -2.83. The average Bonchev–Trinajstić information content (AvgIpc) is 3.17.